The van der Waals surface area contributed by atoms with E-state index in [1.165, 1.54) is 13.3 Å². The van der Waals surface area contributed by atoms with E-state index in [1.807, 2.05) is 0 Å². The van der Waals surface area contributed by atoms with Gasteiger partial charge in [0.1, 0.15) is 5.60 Å². The summed E-state index contributed by atoms with van der Waals surface area (Å²) in [6, 6.07) is 1.74. The summed E-state index contributed by atoms with van der Waals surface area (Å²) in [7, 11) is 1.52. The fourth-order valence-electron chi connectivity index (χ4n) is 1.05. The van der Waals surface area contributed by atoms with Gasteiger partial charge in [-0.1, -0.05) is 11.6 Å². The molecule has 0 atom stereocenters. The molecule has 0 unspecified atom stereocenters. The number of methoxy groups -OCH3 is 1. The summed E-state index contributed by atoms with van der Waals surface area (Å²) in [5, 5.41) is 0.512. The lowest BCUT2D eigenvalue weighted by molar-refractivity contribution is -0.136. The Labute approximate surface area is 94.4 Å². The van der Waals surface area contributed by atoms with E-state index in [-0.39, 0.29) is 12.2 Å². The molecule has 1 aromatic rings. The van der Waals surface area contributed by atoms with Crippen molar-refractivity contribution in [2.75, 3.05) is 7.11 Å². The zero-order valence-corrected chi connectivity index (χ0v) is 9.84. The number of nitrogens with zero attached hydrogens (tertiary/aromatic N) is 1. The lowest BCUT2D eigenvalue weighted by Gasteiger charge is -2.21. The Kier molecular flexibility index (Phi) is 3.83. The molecule has 0 saturated heterocycles. The second kappa shape index (κ2) is 4.73. The maximum Gasteiger partial charge on any atom is 0.168 e. The molecule has 0 saturated carbocycles. The minimum absolute atomic E-state index is 0.00176. The van der Waals surface area contributed by atoms with Crippen LogP contribution >= 0.6 is 11.6 Å². The number of hydrogen-bond acceptors (Lipinski definition) is 3. The maximum atomic E-state index is 11.8. The maximum absolute atomic E-state index is 11.8. The van der Waals surface area contributed by atoms with Gasteiger partial charge in [-0.05, 0) is 25.5 Å². The molecule has 0 bridgehead atoms. The summed E-state index contributed by atoms with van der Waals surface area (Å²) < 4.78 is 5.10. The number of Topliss-reactive ketones (excluding diaryl/α,β-unsaturated/α-hetero) is 1. The minimum atomic E-state index is -0.771. The molecule has 0 spiro atoms. The first kappa shape index (κ1) is 12.1. The van der Waals surface area contributed by atoms with Gasteiger partial charge in [0.05, 0.1) is 5.02 Å². The van der Waals surface area contributed by atoms with E-state index in [1.54, 1.807) is 26.1 Å². The quantitative estimate of drug-likeness (QED) is 0.792. The van der Waals surface area contributed by atoms with Gasteiger partial charge in [-0.25, -0.2) is 0 Å². The summed E-state index contributed by atoms with van der Waals surface area (Å²) >= 11 is 5.91. The third-order valence-electron chi connectivity index (χ3n) is 2.39. The van der Waals surface area contributed by atoms with Crippen LogP contribution < -0.4 is 0 Å². The van der Waals surface area contributed by atoms with E-state index in [4.69, 9.17) is 16.3 Å². The summed E-state index contributed by atoms with van der Waals surface area (Å²) in [6.45, 7) is 3.48. The topological polar surface area (TPSA) is 39.2 Å². The molecule has 0 aliphatic rings. The highest BCUT2D eigenvalue weighted by atomic mass is 35.5. The van der Waals surface area contributed by atoms with Gasteiger partial charge in [-0.15, -0.1) is 0 Å². The van der Waals surface area contributed by atoms with Crippen molar-refractivity contribution < 1.29 is 9.53 Å². The van der Waals surface area contributed by atoms with E-state index in [9.17, 15) is 4.79 Å². The molecule has 1 aromatic heterocycles. The van der Waals surface area contributed by atoms with Crippen molar-refractivity contribution >= 4 is 17.4 Å². The van der Waals surface area contributed by atoms with Crippen molar-refractivity contribution in [1.29, 1.82) is 0 Å². The number of pyridine rings is 1. The monoisotopic (exact) mass is 227 g/mol. The third-order valence-corrected chi connectivity index (χ3v) is 2.73. The summed E-state index contributed by atoms with van der Waals surface area (Å²) in [5.41, 5.74) is 0.00821. The van der Waals surface area contributed by atoms with Crippen LogP contribution in [0.25, 0.3) is 0 Å². The van der Waals surface area contributed by atoms with Crippen LogP contribution in [0.3, 0.4) is 0 Å². The highest BCUT2D eigenvalue weighted by molar-refractivity contribution is 6.31. The molecular weight excluding hydrogens is 214 g/mol. The number of ether oxygens (including phenoxy) is 1. The van der Waals surface area contributed by atoms with Crippen LogP contribution in [0.5, 0.6) is 0 Å². The third kappa shape index (κ3) is 3.01. The molecule has 15 heavy (non-hydrogen) atoms. The molecule has 0 aromatic carbocycles. The van der Waals surface area contributed by atoms with Crippen molar-refractivity contribution in [3.05, 3.63) is 29.0 Å². The van der Waals surface area contributed by atoms with Crippen molar-refractivity contribution in [2.24, 2.45) is 0 Å². The average molecular weight is 228 g/mol. The average Bonchev–Trinajstić information content (AvgIpc) is 2.21. The van der Waals surface area contributed by atoms with E-state index in [0.717, 1.165) is 5.56 Å². The number of carbonyl (C=O) groups is 1. The lowest BCUT2D eigenvalue weighted by Crippen LogP contribution is -2.35. The van der Waals surface area contributed by atoms with Gasteiger partial charge >= 0.3 is 0 Å². The van der Waals surface area contributed by atoms with Crippen LogP contribution in [0.1, 0.15) is 19.4 Å². The molecule has 0 amide bonds. The van der Waals surface area contributed by atoms with E-state index in [0.29, 0.717) is 5.02 Å². The molecule has 0 fully saturated rings. The number of ketones is 1. The summed E-state index contributed by atoms with van der Waals surface area (Å²) in [6.07, 6.45) is 3.42. The van der Waals surface area contributed by atoms with Crippen LogP contribution in [0.2, 0.25) is 5.02 Å². The Balaban J connectivity index is 2.80. The molecule has 82 valence electrons. The Morgan fingerprint density at radius 2 is 2.27 bits per heavy atom. The number of halogens is 1. The second-order valence-corrected chi connectivity index (χ2v) is 4.19. The van der Waals surface area contributed by atoms with Crippen LogP contribution in [0, 0.1) is 0 Å². The van der Waals surface area contributed by atoms with E-state index in [2.05, 4.69) is 4.98 Å². The van der Waals surface area contributed by atoms with Gasteiger partial charge in [-0.2, -0.15) is 0 Å². The summed E-state index contributed by atoms with van der Waals surface area (Å²) in [4.78, 5) is 15.7. The van der Waals surface area contributed by atoms with E-state index < -0.39 is 5.60 Å². The molecule has 0 aliphatic heterocycles. The van der Waals surface area contributed by atoms with Crippen molar-refractivity contribution in [1.82, 2.24) is 4.98 Å². The molecule has 0 radical (unpaired) electrons. The van der Waals surface area contributed by atoms with Gasteiger partial charge < -0.3 is 4.74 Å². The van der Waals surface area contributed by atoms with Crippen molar-refractivity contribution in [3.8, 4) is 0 Å². The zero-order valence-electron chi connectivity index (χ0n) is 9.08. The fraction of sp³-hybridized carbons (Fsp3) is 0.455. The van der Waals surface area contributed by atoms with Crippen LogP contribution in [-0.2, 0) is 16.0 Å². The van der Waals surface area contributed by atoms with Crippen LogP contribution in [0.15, 0.2) is 18.5 Å². The zero-order chi connectivity index (χ0) is 11.5. The second-order valence-electron chi connectivity index (χ2n) is 3.78. The normalized spacial score (nSPS) is 11.5. The predicted molar refractivity (Wildman–Crippen MR) is 59.0 cm³/mol. The highest BCUT2D eigenvalue weighted by Gasteiger charge is 2.27. The van der Waals surface area contributed by atoms with Crippen LogP contribution in [0.4, 0.5) is 0 Å². The largest absolute Gasteiger partial charge is 0.371 e. The molecule has 4 heteroatoms. The molecule has 1 heterocycles. The lowest BCUT2D eigenvalue weighted by atomic mass is 9.97. The standard InChI is InChI=1S/C11H14ClNO2/c1-11(2,15-3)10(14)6-8-4-5-13-7-9(8)12/h4-5,7H,6H2,1-3H3. The van der Waals surface area contributed by atoms with Gasteiger partial charge in [0.15, 0.2) is 5.78 Å². The Bertz CT molecular complexity index is 363. The Morgan fingerprint density at radius 1 is 1.60 bits per heavy atom. The number of aromatic nitrogens is 1. The van der Waals surface area contributed by atoms with E-state index >= 15 is 0 Å². The SMILES string of the molecule is COC(C)(C)C(=O)Cc1ccncc1Cl. The summed E-state index contributed by atoms with van der Waals surface area (Å²) in [5.74, 6) is -0.00176. The molecule has 3 nitrogen and oxygen atoms in total. The van der Waals surface area contributed by atoms with Gasteiger partial charge in [0.25, 0.3) is 0 Å². The molecule has 1 rings (SSSR count). The molecule has 0 aliphatic carbocycles. The highest BCUT2D eigenvalue weighted by Crippen LogP contribution is 2.18. The Hall–Kier alpha value is -0.930. The predicted octanol–water partition coefficient (Wildman–Crippen LogP) is 2.27. The van der Waals surface area contributed by atoms with Crippen molar-refractivity contribution in [2.45, 2.75) is 25.9 Å². The first-order valence-corrected chi connectivity index (χ1v) is 5.02. The van der Waals surface area contributed by atoms with Gasteiger partial charge in [-0.3, -0.25) is 9.78 Å². The minimum Gasteiger partial charge on any atom is -0.371 e. The van der Waals surface area contributed by atoms with Gasteiger partial charge in [0.2, 0.25) is 0 Å². The smallest absolute Gasteiger partial charge is 0.168 e. The number of rotatable bonds is 4. The Morgan fingerprint density at radius 3 is 2.80 bits per heavy atom. The molecule has 0 N–H and O–H groups in total. The first-order chi connectivity index (χ1) is 6.97. The number of carbonyl (C=O) groups excluding carboxylic acids is 1. The molecular formula is C11H14ClNO2. The fourth-order valence-corrected chi connectivity index (χ4v) is 1.23. The van der Waals surface area contributed by atoms with Gasteiger partial charge in [0, 0.05) is 25.9 Å². The first-order valence-electron chi connectivity index (χ1n) is 4.64. The van der Waals surface area contributed by atoms with Crippen LogP contribution in [-0.4, -0.2) is 23.5 Å². The van der Waals surface area contributed by atoms with Crippen molar-refractivity contribution in [3.63, 3.8) is 0 Å². The number of hydrogen-bond donors (Lipinski definition) is 0.